The van der Waals surface area contributed by atoms with Gasteiger partial charge in [0.1, 0.15) is 10.7 Å². The molecule has 0 aliphatic carbocycles. The lowest BCUT2D eigenvalue weighted by atomic mass is 10.3. The molecule has 2 N–H and O–H groups in total. The average Bonchev–Trinajstić information content (AvgIpc) is 2.22. The Kier molecular flexibility index (Phi) is 4.62. The lowest BCUT2D eigenvalue weighted by molar-refractivity contribution is 0.126. The fourth-order valence-electron chi connectivity index (χ4n) is 1.20. The van der Waals surface area contributed by atoms with Crippen LogP contribution in [0.15, 0.2) is 21.5 Å². The highest BCUT2D eigenvalue weighted by atomic mass is 79.9. The fraction of sp³-hybridized carbons (Fsp3) is 0.333. The first-order chi connectivity index (χ1) is 8.16. The summed E-state index contributed by atoms with van der Waals surface area (Å²) >= 11 is 2.93. The Bertz CT molecular complexity index is 551. The van der Waals surface area contributed by atoms with E-state index in [4.69, 9.17) is 5.73 Å². The number of alkyl halides is 2. The van der Waals surface area contributed by atoms with Gasteiger partial charge in [0.25, 0.3) is 6.43 Å². The molecule has 0 radical (unpaired) electrons. The van der Waals surface area contributed by atoms with E-state index in [0.29, 0.717) is 4.31 Å². The zero-order chi connectivity index (χ0) is 14.1. The summed E-state index contributed by atoms with van der Waals surface area (Å²) in [6.45, 7) is -1.02. The minimum atomic E-state index is -4.33. The number of nitrogens with two attached hydrogens (primary N) is 1. The normalized spacial score (nSPS) is 12.4. The number of hydrogen-bond acceptors (Lipinski definition) is 3. The highest BCUT2D eigenvalue weighted by Gasteiger charge is 2.27. The lowest BCUT2D eigenvalue weighted by Crippen LogP contribution is -2.32. The van der Waals surface area contributed by atoms with Crippen LogP contribution in [0.3, 0.4) is 0 Å². The molecule has 0 bridgehead atoms. The van der Waals surface area contributed by atoms with Gasteiger partial charge in [0, 0.05) is 17.2 Å². The van der Waals surface area contributed by atoms with Crippen molar-refractivity contribution in [3.8, 4) is 0 Å². The number of hydrogen-bond donors (Lipinski definition) is 1. The summed E-state index contributed by atoms with van der Waals surface area (Å²) in [5, 5.41) is 0. The predicted octanol–water partition coefficient (Wildman–Crippen LogP) is 2.06. The first-order valence-corrected chi connectivity index (χ1v) is 6.88. The second-order valence-corrected chi connectivity index (χ2v) is 6.35. The summed E-state index contributed by atoms with van der Waals surface area (Å²) in [4.78, 5) is -0.730. The number of nitrogens with zero attached hydrogens (tertiary/aromatic N) is 1. The van der Waals surface area contributed by atoms with Gasteiger partial charge in [-0.3, -0.25) is 0 Å². The van der Waals surface area contributed by atoms with Crippen molar-refractivity contribution in [2.45, 2.75) is 11.3 Å². The third-order valence-electron chi connectivity index (χ3n) is 2.13. The zero-order valence-corrected chi connectivity index (χ0v) is 11.6. The molecule has 0 fully saturated rings. The number of sulfonamides is 1. The average molecular weight is 347 g/mol. The molecule has 0 aliphatic heterocycles. The van der Waals surface area contributed by atoms with Crippen molar-refractivity contribution >= 4 is 31.6 Å². The minimum Gasteiger partial charge on any atom is -0.398 e. The third kappa shape index (κ3) is 3.15. The van der Waals surface area contributed by atoms with Crippen molar-refractivity contribution in [1.82, 2.24) is 4.31 Å². The van der Waals surface area contributed by atoms with E-state index >= 15 is 0 Å². The van der Waals surface area contributed by atoms with Crippen molar-refractivity contribution in [2.24, 2.45) is 0 Å². The van der Waals surface area contributed by atoms with Gasteiger partial charge in [-0.1, -0.05) is 0 Å². The fourth-order valence-corrected chi connectivity index (χ4v) is 2.74. The quantitative estimate of drug-likeness (QED) is 0.848. The van der Waals surface area contributed by atoms with E-state index in [1.165, 1.54) is 0 Å². The van der Waals surface area contributed by atoms with Gasteiger partial charge >= 0.3 is 0 Å². The number of nitrogen functional groups attached to an aromatic ring is 1. The Labute approximate surface area is 111 Å². The van der Waals surface area contributed by atoms with Gasteiger partial charge in [0.15, 0.2) is 0 Å². The predicted molar refractivity (Wildman–Crippen MR) is 64.3 cm³/mol. The van der Waals surface area contributed by atoms with Gasteiger partial charge in [-0.05, 0) is 28.1 Å². The molecule has 1 aromatic rings. The monoisotopic (exact) mass is 346 g/mol. The molecule has 0 atom stereocenters. The topological polar surface area (TPSA) is 63.4 Å². The molecule has 102 valence electrons. The molecule has 4 nitrogen and oxygen atoms in total. The Balaban J connectivity index is 3.24. The first-order valence-electron chi connectivity index (χ1n) is 4.65. The maximum Gasteiger partial charge on any atom is 0.252 e. The molecule has 1 aromatic carbocycles. The van der Waals surface area contributed by atoms with Crippen molar-refractivity contribution in [3.63, 3.8) is 0 Å². The van der Waals surface area contributed by atoms with Crippen molar-refractivity contribution in [2.75, 3.05) is 19.3 Å². The Morgan fingerprint density at radius 3 is 2.50 bits per heavy atom. The number of benzene rings is 1. The SMILES string of the molecule is CN(CC(F)F)S(=O)(=O)c1cc(N)c(Br)cc1F. The first kappa shape index (κ1) is 15.3. The molecule has 0 aromatic heterocycles. The molecule has 0 saturated carbocycles. The van der Waals surface area contributed by atoms with Gasteiger partial charge in [0.2, 0.25) is 10.0 Å². The number of halogens is 4. The minimum absolute atomic E-state index is 0.000391. The van der Waals surface area contributed by atoms with Gasteiger partial charge in [-0.15, -0.1) is 0 Å². The van der Waals surface area contributed by atoms with Crippen molar-refractivity contribution in [1.29, 1.82) is 0 Å². The summed E-state index contributed by atoms with van der Waals surface area (Å²) in [5.74, 6) is -1.06. The van der Waals surface area contributed by atoms with Crippen LogP contribution >= 0.6 is 15.9 Å². The molecule has 9 heteroatoms. The molecule has 18 heavy (non-hydrogen) atoms. The van der Waals surface area contributed by atoms with E-state index in [0.717, 1.165) is 19.2 Å². The van der Waals surface area contributed by atoms with Gasteiger partial charge in [-0.25, -0.2) is 21.6 Å². The van der Waals surface area contributed by atoms with Crippen LogP contribution in [-0.2, 0) is 10.0 Å². The number of anilines is 1. The highest BCUT2D eigenvalue weighted by Crippen LogP contribution is 2.27. The highest BCUT2D eigenvalue weighted by molar-refractivity contribution is 9.10. The molecule has 0 amide bonds. The smallest absolute Gasteiger partial charge is 0.252 e. The maximum absolute atomic E-state index is 13.5. The van der Waals surface area contributed by atoms with E-state index in [-0.39, 0.29) is 10.2 Å². The second-order valence-electron chi connectivity index (χ2n) is 3.48. The van der Waals surface area contributed by atoms with Crippen LogP contribution in [0.25, 0.3) is 0 Å². The zero-order valence-electron chi connectivity index (χ0n) is 9.20. The van der Waals surface area contributed by atoms with Crippen LogP contribution in [0.1, 0.15) is 0 Å². The molecular weight excluding hydrogens is 337 g/mol. The molecule has 0 heterocycles. The van der Waals surface area contributed by atoms with Gasteiger partial charge in [-0.2, -0.15) is 4.31 Å². The van der Waals surface area contributed by atoms with E-state index in [1.54, 1.807) is 0 Å². The van der Waals surface area contributed by atoms with Crippen LogP contribution in [0, 0.1) is 5.82 Å². The van der Waals surface area contributed by atoms with E-state index in [9.17, 15) is 21.6 Å². The van der Waals surface area contributed by atoms with Crippen molar-refractivity contribution < 1.29 is 21.6 Å². The van der Waals surface area contributed by atoms with E-state index in [2.05, 4.69) is 15.9 Å². The molecular formula is C9H10BrF3N2O2S. The van der Waals surface area contributed by atoms with Crippen LogP contribution in [0.5, 0.6) is 0 Å². The molecule has 0 spiro atoms. The molecule has 0 aliphatic rings. The standard InChI is InChI=1S/C9H10BrF3N2O2S/c1-15(4-9(12)13)18(16,17)8-3-7(14)5(10)2-6(8)11/h2-3,9H,4,14H2,1H3. The van der Waals surface area contributed by atoms with E-state index in [1.807, 2.05) is 0 Å². The molecule has 1 rings (SSSR count). The largest absolute Gasteiger partial charge is 0.398 e. The summed E-state index contributed by atoms with van der Waals surface area (Å²) in [6.07, 6.45) is -2.85. The summed E-state index contributed by atoms with van der Waals surface area (Å²) in [5.41, 5.74) is 5.44. The summed E-state index contributed by atoms with van der Waals surface area (Å²) in [7, 11) is -3.38. The van der Waals surface area contributed by atoms with Crippen LogP contribution in [-0.4, -0.2) is 32.7 Å². The van der Waals surface area contributed by atoms with Gasteiger partial charge in [0.05, 0.1) is 6.54 Å². The Morgan fingerprint density at radius 2 is 2.00 bits per heavy atom. The lowest BCUT2D eigenvalue weighted by Gasteiger charge is -2.17. The number of rotatable bonds is 4. The second kappa shape index (κ2) is 5.45. The Hall–Kier alpha value is -0.800. The summed E-state index contributed by atoms with van der Waals surface area (Å²) in [6, 6.07) is 1.76. The molecule has 0 saturated heterocycles. The van der Waals surface area contributed by atoms with Crippen LogP contribution in [0.2, 0.25) is 0 Å². The maximum atomic E-state index is 13.5. The van der Waals surface area contributed by atoms with Crippen LogP contribution in [0.4, 0.5) is 18.9 Å². The van der Waals surface area contributed by atoms with Crippen molar-refractivity contribution in [3.05, 3.63) is 22.4 Å². The molecule has 0 unspecified atom stereocenters. The third-order valence-corrected chi connectivity index (χ3v) is 4.66. The Morgan fingerprint density at radius 1 is 1.44 bits per heavy atom. The van der Waals surface area contributed by atoms with Gasteiger partial charge < -0.3 is 5.73 Å². The summed E-state index contributed by atoms with van der Waals surface area (Å²) < 4.78 is 62.1. The van der Waals surface area contributed by atoms with E-state index < -0.39 is 33.7 Å². The van der Waals surface area contributed by atoms with Crippen LogP contribution < -0.4 is 5.73 Å².